The summed E-state index contributed by atoms with van der Waals surface area (Å²) in [5, 5.41) is 5.41. The first-order chi connectivity index (χ1) is 8.63. The van der Waals surface area contributed by atoms with Gasteiger partial charge in [0.05, 0.1) is 24.1 Å². The molecule has 0 N–H and O–H groups in total. The van der Waals surface area contributed by atoms with Gasteiger partial charge in [-0.3, -0.25) is 9.58 Å². The zero-order valence-electron chi connectivity index (χ0n) is 11.4. The average molecular weight is 316 g/mol. The van der Waals surface area contributed by atoms with E-state index in [1.165, 1.54) is 11.4 Å². The van der Waals surface area contributed by atoms with Crippen LogP contribution in [0.5, 0.6) is 0 Å². The Hall–Kier alpha value is -0.390. The highest BCUT2D eigenvalue weighted by atomic mass is 79.9. The summed E-state index contributed by atoms with van der Waals surface area (Å²) in [6.45, 7) is 7.12. The van der Waals surface area contributed by atoms with Crippen molar-refractivity contribution in [1.29, 1.82) is 0 Å². The molecule has 0 aliphatic carbocycles. The summed E-state index contributed by atoms with van der Waals surface area (Å²) in [7, 11) is 2.03. The summed E-state index contributed by atoms with van der Waals surface area (Å²) in [6, 6.07) is 2.69. The lowest BCUT2D eigenvalue weighted by atomic mass is 10.2. The van der Waals surface area contributed by atoms with Crippen molar-refractivity contribution < 1.29 is 4.74 Å². The van der Waals surface area contributed by atoms with Crippen molar-refractivity contribution in [3.8, 4) is 0 Å². The molecule has 1 saturated heterocycles. The molecule has 102 valence electrons. The number of rotatable bonds is 4. The molecule has 0 saturated carbocycles. The molecule has 1 fully saturated rings. The first kappa shape index (κ1) is 14.0. The lowest BCUT2D eigenvalue weighted by Gasteiger charge is -2.37. The molecule has 1 aromatic rings. The zero-order valence-corrected chi connectivity index (χ0v) is 13.0. The van der Waals surface area contributed by atoms with Crippen molar-refractivity contribution >= 4 is 15.9 Å². The largest absolute Gasteiger partial charge is 0.374 e. The van der Waals surface area contributed by atoms with Crippen LogP contribution in [0.25, 0.3) is 0 Å². The van der Waals surface area contributed by atoms with Crippen molar-refractivity contribution in [2.24, 2.45) is 7.05 Å². The van der Waals surface area contributed by atoms with E-state index in [9.17, 15) is 0 Å². The van der Waals surface area contributed by atoms with Gasteiger partial charge in [-0.2, -0.15) is 5.10 Å². The number of ether oxygens (including phenoxy) is 1. The smallest absolute Gasteiger partial charge is 0.0799 e. The summed E-state index contributed by atoms with van der Waals surface area (Å²) in [5.74, 6) is 0. The molecular weight excluding hydrogens is 294 g/mol. The fourth-order valence-electron chi connectivity index (χ4n) is 2.29. The van der Waals surface area contributed by atoms with Crippen LogP contribution in [0.15, 0.2) is 6.07 Å². The van der Waals surface area contributed by atoms with Crippen LogP contribution in [0.1, 0.15) is 25.2 Å². The van der Waals surface area contributed by atoms with Crippen LogP contribution in [0.4, 0.5) is 0 Å². The summed E-state index contributed by atoms with van der Waals surface area (Å²) in [5.41, 5.74) is 2.46. The van der Waals surface area contributed by atoms with Gasteiger partial charge in [0, 0.05) is 31.5 Å². The fourth-order valence-corrected chi connectivity index (χ4v) is 2.68. The second-order valence-electron chi connectivity index (χ2n) is 4.99. The standard InChI is InChI=1S/C13H22BrN3O/c1-4-11-5-12(16(3)15-11)7-17-8-13(6-14)18-9-10(17)2/h5,10,13H,4,6-9H2,1-3H3. The van der Waals surface area contributed by atoms with Crippen LogP contribution in [0, 0.1) is 0 Å². The van der Waals surface area contributed by atoms with Gasteiger partial charge < -0.3 is 4.74 Å². The minimum atomic E-state index is 0.306. The predicted molar refractivity (Wildman–Crippen MR) is 76.0 cm³/mol. The quantitative estimate of drug-likeness (QED) is 0.796. The minimum absolute atomic E-state index is 0.306. The summed E-state index contributed by atoms with van der Waals surface area (Å²) in [4.78, 5) is 2.48. The van der Waals surface area contributed by atoms with E-state index in [2.05, 4.69) is 45.8 Å². The summed E-state index contributed by atoms with van der Waals surface area (Å²) >= 11 is 3.50. The van der Waals surface area contributed by atoms with Crippen molar-refractivity contribution in [1.82, 2.24) is 14.7 Å². The molecule has 0 amide bonds. The SMILES string of the molecule is CCc1cc(CN2CC(CBr)OCC2C)n(C)n1. The van der Waals surface area contributed by atoms with E-state index in [0.717, 1.165) is 31.4 Å². The fraction of sp³-hybridized carbons (Fsp3) is 0.769. The van der Waals surface area contributed by atoms with Crippen LogP contribution in [-0.4, -0.2) is 45.3 Å². The highest BCUT2D eigenvalue weighted by molar-refractivity contribution is 9.09. The van der Waals surface area contributed by atoms with E-state index >= 15 is 0 Å². The number of alkyl halides is 1. The Balaban J connectivity index is 2.04. The van der Waals surface area contributed by atoms with E-state index in [0.29, 0.717) is 12.1 Å². The minimum Gasteiger partial charge on any atom is -0.374 e. The number of nitrogens with zero attached hydrogens (tertiary/aromatic N) is 3. The number of hydrogen-bond donors (Lipinski definition) is 0. The van der Waals surface area contributed by atoms with Crippen LogP contribution < -0.4 is 0 Å². The highest BCUT2D eigenvalue weighted by Crippen LogP contribution is 2.17. The molecule has 0 bridgehead atoms. The third-order valence-electron chi connectivity index (χ3n) is 3.56. The Morgan fingerprint density at radius 1 is 1.56 bits per heavy atom. The molecule has 4 nitrogen and oxygen atoms in total. The molecule has 1 aliphatic rings. The van der Waals surface area contributed by atoms with Gasteiger partial charge in [0.1, 0.15) is 0 Å². The molecule has 5 heteroatoms. The van der Waals surface area contributed by atoms with Crippen LogP contribution in [-0.2, 0) is 24.8 Å². The summed E-state index contributed by atoms with van der Waals surface area (Å²) in [6.07, 6.45) is 1.30. The molecule has 2 heterocycles. The number of hydrogen-bond acceptors (Lipinski definition) is 3. The van der Waals surface area contributed by atoms with E-state index in [-0.39, 0.29) is 0 Å². The van der Waals surface area contributed by atoms with Crippen LogP contribution in [0.2, 0.25) is 0 Å². The van der Waals surface area contributed by atoms with Gasteiger partial charge in [-0.05, 0) is 19.4 Å². The number of aryl methyl sites for hydroxylation is 2. The topological polar surface area (TPSA) is 30.3 Å². The molecule has 1 aromatic heterocycles. The lowest BCUT2D eigenvalue weighted by Crippen LogP contribution is -2.48. The number of halogens is 1. The molecule has 0 aromatic carbocycles. The zero-order chi connectivity index (χ0) is 13.1. The molecule has 2 rings (SSSR count). The first-order valence-corrected chi connectivity index (χ1v) is 7.69. The van der Waals surface area contributed by atoms with E-state index < -0.39 is 0 Å². The number of morpholine rings is 1. The lowest BCUT2D eigenvalue weighted by molar-refractivity contribution is -0.0507. The van der Waals surface area contributed by atoms with E-state index in [1.54, 1.807) is 0 Å². The second kappa shape index (κ2) is 6.17. The van der Waals surface area contributed by atoms with Crippen molar-refractivity contribution in [3.05, 3.63) is 17.5 Å². The Morgan fingerprint density at radius 3 is 2.94 bits per heavy atom. The Morgan fingerprint density at radius 2 is 2.33 bits per heavy atom. The van der Waals surface area contributed by atoms with Gasteiger partial charge in [-0.25, -0.2) is 0 Å². The molecule has 0 spiro atoms. The number of aromatic nitrogens is 2. The van der Waals surface area contributed by atoms with E-state index in [4.69, 9.17) is 4.74 Å². The van der Waals surface area contributed by atoms with Crippen LogP contribution >= 0.6 is 15.9 Å². The maximum absolute atomic E-state index is 5.75. The average Bonchev–Trinajstić information content (AvgIpc) is 2.73. The molecule has 0 radical (unpaired) electrons. The Kier molecular flexibility index (Phi) is 4.81. The van der Waals surface area contributed by atoms with Crippen molar-refractivity contribution in [3.63, 3.8) is 0 Å². The summed E-state index contributed by atoms with van der Waals surface area (Å²) < 4.78 is 7.76. The molecule has 2 atom stereocenters. The third-order valence-corrected chi connectivity index (χ3v) is 4.28. The van der Waals surface area contributed by atoms with E-state index in [1.807, 2.05) is 11.7 Å². The molecule has 1 aliphatic heterocycles. The highest BCUT2D eigenvalue weighted by Gasteiger charge is 2.26. The van der Waals surface area contributed by atoms with Gasteiger partial charge in [-0.15, -0.1) is 0 Å². The normalized spacial score (nSPS) is 25.6. The first-order valence-electron chi connectivity index (χ1n) is 6.57. The second-order valence-corrected chi connectivity index (χ2v) is 5.64. The maximum Gasteiger partial charge on any atom is 0.0799 e. The molecule has 2 unspecified atom stereocenters. The van der Waals surface area contributed by atoms with Crippen molar-refractivity contribution in [2.75, 3.05) is 18.5 Å². The maximum atomic E-state index is 5.75. The van der Waals surface area contributed by atoms with Gasteiger partial charge >= 0.3 is 0 Å². The van der Waals surface area contributed by atoms with Gasteiger partial charge in [0.2, 0.25) is 0 Å². The Labute approximate surface area is 117 Å². The van der Waals surface area contributed by atoms with Crippen LogP contribution in [0.3, 0.4) is 0 Å². The van der Waals surface area contributed by atoms with Gasteiger partial charge in [-0.1, -0.05) is 22.9 Å². The third kappa shape index (κ3) is 3.13. The molecule has 18 heavy (non-hydrogen) atoms. The van der Waals surface area contributed by atoms with Gasteiger partial charge in [0.15, 0.2) is 0 Å². The monoisotopic (exact) mass is 315 g/mol. The predicted octanol–water partition coefficient (Wildman–Crippen LogP) is 1.97. The van der Waals surface area contributed by atoms with Crippen molar-refractivity contribution in [2.45, 2.75) is 39.0 Å². The Bertz CT molecular complexity index is 394. The van der Waals surface area contributed by atoms with Gasteiger partial charge in [0.25, 0.3) is 0 Å². The molecular formula is C13H22BrN3O.